The Kier molecular flexibility index (Phi) is 7.03. The van der Waals surface area contributed by atoms with Crippen LogP contribution in [0, 0.1) is 12.7 Å². The number of Topliss-reactive ketones (excluding diaryl/α,β-unsaturated/α-hetero) is 1. The van der Waals surface area contributed by atoms with E-state index in [0.29, 0.717) is 22.0 Å². The van der Waals surface area contributed by atoms with E-state index in [1.54, 1.807) is 36.4 Å². The maximum Gasteiger partial charge on any atom is 0.346 e. The van der Waals surface area contributed by atoms with Crippen LogP contribution in [0.3, 0.4) is 0 Å². The second-order valence-corrected chi connectivity index (χ2v) is 9.89. The van der Waals surface area contributed by atoms with Crippen molar-refractivity contribution in [3.63, 3.8) is 0 Å². The quantitative estimate of drug-likeness (QED) is 0.313. The van der Waals surface area contributed by atoms with Gasteiger partial charge in [-0.05, 0) is 59.9 Å². The maximum atomic E-state index is 13.8. The van der Waals surface area contributed by atoms with E-state index in [0.717, 1.165) is 11.1 Å². The van der Waals surface area contributed by atoms with E-state index in [9.17, 15) is 14.0 Å². The Bertz CT molecular complexity index is 1420. The lowest BCUT2D eigenvalue weighted by molar-refractivity contribution is -0.120. The summed E-state index contributed by atoms with van der Waals surface area (Å²) in [5.74, 6) is -0.0946. The molecule has 1 heterocycles. The molecule has 0 amide bonds. The number of carbonyl (C=O) groups is 1. The zero-order valence-corrected chi connectivity index (χ0v) is 20.7. The molecule has 0 aliphatic rings. The van der Waals surface area contributed by atoms with Crippen LogP contribution in [-0.2, 0) is 23.3 Å². The Morgan fingerprint density at radius 1 is 1.03 bits per heavy atom. The lowest BCUT2D eigenvalue weighted by Gasteiger charge is -2.24. The predicted molar refractivity (Wildman–Crippen MR) is 136 cm³/mol. The van der Waals surface area contributed by atoms with Gasteiger partial charge in [0.2, 0.25) is 0 Å². The van der Waals surface area contributed by atoms with E-state index in [-0.39, 0.29) is 31.1 Å². The van der Waals surface area contributed by atoms with Gasteiger partial charge in [0.25, 0.3) is 0 Å². The van der Waals surface area contributed by atoms with Gasteiger partial charge in [-0.1, -0.05) is 67.4 Å². The van der Waals surface area contributed by atoms with Gasteiger partial charge in [-0.15, -0.1) is 5.10 Å². The fourth-order valence-corrected chi connectivity index (χ4v) is 4.33. The van der Waals surface area contributed by atoms with Gasteiger partial charge in [-0.3, -0.25) is 9.36 Å². The normalized spacial score (nSPS) is 11.6. The number of aromatic nitrogens is 3. The molecule has 0 aliphatic heterocycles. The Morgan fingerprint density at radius 3 is 2.43 bits per heavy atom. The number of rotatable bonds is 8. The monoisotopic (exact) mass is 491 g/mol. The third kappa shape index (κ3) is 5.77. The zero-order valence-electron chi connectivity index (χ0n) is 20.0. The van der Waals surface area contributed by atoms with Crippen LogP contribution in [0.15, 0.2) is 77.6 Å². The van der Waals surface area contributed by atoms with Gasteiger partial charge >= 0.3 is 5.69 Å². The third-order valence-corrected chi connectivity index (χ3v) is 6.27. The van der Waals surface area contributed by atoms with Gasteiger partial charge in [-0.2, -0.15) is 0 Å². The summed E-state index contributed by atoms with van der Waals surface area (Å²) >= 11 is 6.03. The first-order valence-electron chi connectivity index (χ1n) is 11.4. The van der Waals surface area contributed by atoms with Crippen LogP contribution in [0.2, 0.25) is 5.02 Å². The molecule has 4 aromatic rings. The highest BCUT2D eigenvalue weighted by atomic mass is 35.5. The van der Waals surface area contributed by atoms with E-state index in [1.807, 2.05) is 39.0 Å². The van der Waals surface area contributed by atoms with Crippen molar-refractivity contribution < 1.29 is 9.18 Å². The first-order chi connectivity index (χ1) is 16.6. The third-order valence-electron chi connectivity index (χ3n) is 6.02. The van der Waals surface area contributed by atoms with Crippen LogP contribution in [-0.4, -0.2) is 20.1 Å². The first-order valence-corrected chi connectivity index (χ1v) is 11.8. The van der Waals surface area contributed by atoms with Gasteiger partial charge < -0.3 is 0 Å². The maximum absolute atomic E-state index is 13.8. The van der Waals surface area contributed by atoms with E-state index in [1.165, 1.54) is 21.4 Å². The van der Waals surface area contributed by atoms with Gasteiger partial charge in [0, 0.05) is 17.0 Å². The summed E-state index contributed by atoms with van der Waals surface area (Å²) in [7, 11) is 0. The van der Waals surface area contributed by atoms with Gasteiger partial charge in [0.05, 0.1) is 6.54 Å². The number of halogens is 2. The highest BCUT2D eigenvalue weighted by molar-refractivity contribution is 6.30. The molecule has 0 aliphatic carbocycles. The SMILES string of the molecule is Cc1cccc(C(C)(C)CC(=O)Cn2nc(-c3ccc(Cl)cc3)n(Cc3cccc(F)c3)c2=O)c1. The fraction of sp³-hybridized carbons (Fsp3) is 0.250. The average Bonchev–Trinajstić information content (AvgIpc) is 3.09. The lowest BCUT2D eigenvalue weighted by atomic mass is 9.79. The molecule has 180 valence electrons. The van der Waals surface area contributed by atoms with Crippen LogP contribution >= 0.6 is 11.6 Å². The molecular formula is C28H27ClFN3O2. The van der Waals surface area contributed by atoms with Crippen molar-refractivity contribution >= 4 is 17.4 Å². The highest BCUT2D eigenvalue weighted by Gasteiger charge is 2.26. The van der Waals surface area contributed by atoms with Gasteiger partial charge in [-0.25, -0.2) is 13.9 Å². The molecule has 0 unspecified atom stereocenters. The van der Waals surface area contributed by atoms with Crippen molar-refractivity contribution in [2.24, 2.45) is 0 Å². The van der Waals surface area contributed by atoms with Crippen molar-refractivity contribution in [1.82, 2.24) is 14.3 Å². The summed E-state index contributed by atoms with van der Waals surface area (Å²) in [4.78, 5) is 26.4. The molecule has 0 radical (unpaired) electrons. The molecule has 0 fully saturated rings. The Balaban J connectivity index is 1.65. The Morgan fingerprint density at radius 2 is 1.74 bits per heavy atom. The van der Waals surface area contributed by atoms with Crippen LogP contribution < -0.4 is 5.69 Å². The van der Waals surface area contributed by atoms with Gasteiger partial charge in [0.15, 0.2) is 11.6 Å². The predicted octanol–water partition coefficient (Wildman–Crippen LogP) is 5.80. The molecule has 0 saturated carbocycles. The Labute approximate surface area is 208 Å². The summed E-state index contributed by atoms with van der Waals surface area (Å²) in [6, 6.07) is 21.1. The lowest BCUT2D eigenvalue weighted by Crippen LogP contribution is -2.30. The second kappa shape index (κ2) is 10.0. The van der Waals surface area contributed by atoms with Crippen molar-refractivity contribution in [3.8, 4) is 11.4 Å². The van der Waals surface area contributed by atoms with Crippen LogP contribution in [0.5, 0.6) is 0 Å². The second-order valence-electron chi connectivity index (χ2n) is 9.46. The van der Waals surface area contributed by atoms with Crippen molar-refractivity contribution in [1.29, 1.82) is 0 Å². The molecule has 0 atom stereocenters. The molecule has 0 saturated heterocycles. The standard InChI is InChI=1S/C28H27ClFN3O2/c1-19-6-4-8-22(14-19)28(2,3)16-25(34)18-33-27(35)32(17-20-7-5-9-24(30)15-20)26(31-33)21-10-12-23(29)13-11-21/h4-15H,16-18H2,1-3H3. The van der Waals surface area contributed by atoms with Crippen LogP contribution in [0.25, 0.3) is 11.4 Å². The summed E-state index contributed by atoms with van der Waals surface area (Å²) < 4.78 is 16.4. The molecular weight excluding hydrogens is 465 g/mol. The number of carbonyl (C=O) groups excluding carboxylic acids is 1. The fourth-order valence-electron chi connectivity index (χ4n) is 4.20. The van der Waals surface area contributed by atoms with Crippen molar-refractivity contribution in [3.05, 3.63) is 111 Å². The summed E-state index contributed by atoms with van der Waals surface area (Å²) in [6.07, 6.45) is 0.260. The molecule has 1 aromatic heterocycles. The summed E-state index contributed by atoms with van der Waals surface area (Å²) in [5, 5.41) is 5.05. The number of nitrogens with zero attached hydrogens (tertiary/aromatic N) is 3. The van der Waals surface area contributed by atoms with Crippen molar-refractivity contribution in [2.45, 2.75) is 45.7 Å². The summed E-state index contributed by atoms with van der Waals surface area (Å²) in [5.41, 5.74) is 2.67. The number of ketones is 1. The van der Waals surface area contributed by atoms with Gasteiger partial charge in [0.1, 0.15) is 12.4 Å². The molecule has 3 aromatic carbocycles. The number of benzene rings is 3. The molecule has 0 N–H and O–H groups in total. The minimum Gasteiger partial charge on any atom is -0.298 e. The topological polar surface area (TPSA) is 56.9 Å². The van der Waals surface area contributed by atoms with E-state index >= 15 is 0 Å². The molecule has 35 heavy (non-hydrogen) atoms. The summed E-state index contributed by atoms with van der Waals surface area (Å²) in [6.45, 7) is 6.03. The van der Waals surface area contributed by atoms with E-state index in [2.05, 4.69) is 11.2 Å². The number of hydrogen-bond donors (Lipinski definition) is 0. The van der Waals surface area contributed by atoms with Crippen LogP contribution in [0.4, 0.5) is 4.39 Å². The molecule has 7 heteroatoms. The van der Waals surface area contributed by atoms with Crippen LogP contribution in [0.1, 0.15) is 37.0 Å². The minimum atomic E-state index is -0.430. The average molecular weight is 492 g/mol. The number of hydrogen-bond acceptors (Lipinski definition) is 3. The first kappa shape index (κ1) is 24.6. The van der Waals surface area contributed by atoms with E-state index < -0.39 is 11.1 Å². The largest absolute Gasteiger partial charge is 0.346 e. The smallest absolute Gasteiger partial charge is 0.298 e. The van der Waals surface area contributed by atoms with E-state index in [4.69, 9.17) is 11.6 Å². The highest BCUT2D eigenvalue weighted by Crippen LogP contribution is 2.28. The number of aryl methyl sites for hydroxylation is 1. The molecule has 4 rings (SSSR count). The zero-order chi connectivity index (χ0) is 25.2. The molecule has 0 bridgehead atoms. The molecule has 0 spiro atoms. The molecule has 5 nitrogen and oxygen atoms in total. The Hall–Kier alpha value is -3.51. The van der Waals surface area contributed by atoms with Crippen molar-refractivity contribution in [2.75, 3.05) is 0 Å². The minimum absolute atomic E-state index is 0.100.